The molecule has 0 bridgehead atoms. The van der Waals surface area contributed by atoms with E-state index in [0.29, 0.717) is 12.4 Å². The van der Waals surface area contributed by atoms with E-state index in [0.717, 1.165) is 33.4 Å². The molecule has 26 heavy (non-hydrogen) atoms. The van der Waals surface area contributed by atoms with Crippen LogP contribution >= 0.6 is 0 Å². The SMILES string of the molecule is CCONc1cc(-c2[nH]c3cccnc3c2-c2ccc(F)cc2)ccn1. The minimum atomic E-state index is -0.268. The van der Waals surface area contributed by atoms with Gasteiger partial charge in [-0.3, -0.25) is 9.82 Å². The van der Waals surface area contributed by atoms with Gasteiger partial charge < -0.3 is 4.98 Å². The summed E-state index contributed by atoms with van der Waals surface area (Å²) in [5, 5.41) is 0. The molecule has 5 nitrogen and oxygen atoms in total. The largest absolute Gasteiger partial charge is 0.353 e. The first-order valence-electron chi connectivity index (χ1n) is 8.33. The molecular weight excluding hydrogens is 331 g/mol. The predicted octanol–water partition coefficient (Wildman–Crippen LogP) is 4.79. The van der Waals surface area contributed by atoms with Crippen LogP contribution in [0.25, 0.3) is 33.4 Å². The van der Waals surface area contributed by atoms with Crippen molar-refractivity contribution in [3.05, 3.63) is 66.7 Å². The lowest BCUT2D eigenvalue weighted by Crippen LogP contribution is -2.01. The predicted molar refractivity (Wildman–Crippen MR) is 100.0 cm³/mol. The molecule has 4 rings (SSSR count). The van der Waals surface area contributed by atoms with Crippen LogP contribution in [0.4, 0.5) is 10.2 Å². The van der Waals surface area contributed by atoms with Gasteiger partial charge in [0.25, 0.3) is 0 Å². The first kappa shape index (κ1) is 16.2. The lowest BCUT2D eigenvalue weighted by Gasteiger charge is -2.08. The van der Waals surface area contributed by atoms with Gasteiger partial charge in [0.2, 0.25) is 0 Å². The third kappa shape index (κ3) is 3.02. The fraction of sp³-hybridized carbons (Fsp3) is 0.100. The first-order valence-corrected chi connectivity index (χ1v) is 8.33. The Labute approximate surface area is 149 Å². The highest BCUT2D eigenvalue weighted by Crippen LogP contribution is 2.37. The number of rotatable bonds is 5. The van der Waals surface area contributed by atoms with Gasteiger partial charge in [-0.05, 0) is 48.9 Å². The van der Waals surface area contributed by atoms with E-state index in [1.54, 1.807) is 24.5 Å². The number of aromatic amines is 1. The molecular formula is C20H17FN4O. The van der Waals surface area contributed by atoms with E-state index in [-0.39, 0.29) is 5.82 Å². The number of nitrogens with zero attached hydrogens (tertiary/aromatic N) is 2. The number of pyridine rings is 2. The number of hydrogen-bond donors (Lipinski definition) is 2. The molecule has 6 heteroatoms. The van der Waals surface area contributed by atoms with Crippen LogP contribution in [0.2, 0.25) is 0 Å². The fourth-order valence-corrected chi connectivity index (χ4v) is 2.92. The molecule has 0 saturated carbocycles. The average Bonchev–Trinajstić information content (AvgIpc) is 3.07. The molecule has 0 fully saturated rings. The molecule has 0 aliphatic heterocycles. The van der Waals surface area contributed by atoms with Gasteiger partial charge in [-0.25, -0.2) is 14.9 Å². The van der Waals surface area contributed by atoms with Gasteiger partial charge in [0, 0.05) is 23.5 Å². The average molecular weight is 348 g/mol. The van der Waals surface area contributed by atoms with E-state index in [2.05, 4.69) is 20.4 Å². The summed E-state index contributed by atoms with van der Waals surface area (Å²) in [5.41, 5.74) is 8.21. The Bertz CT molecular complexity index is 1040. The van der Waals surface area contributed by atoms with Crippen LogP contribution in [0, 0.1) is 5.82 Å². The smallest absolute Gasteiger partial charge is 0.150 e. The van der Waals surface area contributed by atoms with E-state index in [9.17, 15) is 4.39 Å². The molecule has 0 atom stereocenters. The van der Waals surface area contributed by atoms with Crippen molar-refractivity contribution in [1.82, 2.24) is 15.0 Å². The topological polar surface area (TPSA) is 62.8 Å². The Kier molecular flexibility index (Phi) is 4.33. The number of aromatic nitrogens is 3. The molecule has 130 valence electrons. The second-order valence-corrected chi connectivity index (χ2v) is 5.75. The van der Waals surface area contributed by atoms with Crippen LogP contribution in [0.1, 0.15) is 6.92 Å². The van der Waals surface area contributed by atoms with Crippen molar-refractivity contribution in [1.29, 1.82) is 0 Å². The van der Waals surface area contributed by atoms with Crippen LogP contribution in [0.5, 0.6) is 0 Å². The van der Waals surface area contributed by atoms with Crippen molar-refractivity contribution in [2.45, 2.75) is 6.92 Å². The number of fused-ring (bicyclic) bond motifs is 1. The quantitative estimate of drug-likeness (QED) is 0.509. The minimum Gasteiger partial charge on any atom is -0.353 e. The fourth-order valence-electron chi connectivity index (χ4n) is 2.92. The lowest BCUT2D eigenvalue weighted by atomic mass is 10.0. The van der Waals surface area contributed by atoms with E-state index in [4.69, 9.17) is 4.84 Å². The van der Waals surface area contributed by atoms with Crippen LogP contribution in [0.3, 0.4) is 0 Å². The molecule has 0 spiro atoms. The van der Waals surface area contributed by atoms with Crippen molar-refractivity contribution in [3.63, 3.8) is 0 Å². The summed E-state index contributed by atoms with van der Waals surface area (Å²) in [4.78, 5) is 17.4. The second kappa shape index (κ2) is 6.93. The number of hydrogen-bond acceptors (Lipinski definition) is 4. The summed E-state index contributed by atoms with van der Waals surface area (Å²) in [6.07, 6.45) is 3.46. The molecule has 0 amide bonds. The summed E-state index contributed by atoms with van der Waals surface area (Å²) in [7, 11) is 0. The zero-order valence-electron chi connectivity index (χ0n) is 14.2. The van der Waals surface area contributed by atoms with Crippen molar-refractivity contribution in [2.24, 2.45) is 0 Å². The zero-order chi connectivity index (χ0) is 17.9. The molecule has 2 N–H and O–H groups in total. The number of benzene rings is 1. The summed E-state index contributed by atoms with van der Waals surface area (Å²) in [5.74, 6) is 0.344. The zero-order valence-corrected chi connectivity index (χ0v) is 14.2. The lowest BCUT2D eigenvalue weighted by molar-refractivity contribution is 0.209. The Balaban J connectivity index is 1.90. The highest BCUT2D eigenvalue weighted by atomic mass is 19.1. The molecule has 0 radical (unpaired) electrons. The third-order valence-corrected chi connectivity index (χ3v) is 4.06. The van der Waals surface area contributed by atoms with Crippen LogP contribution in [0.15, 0.2) is 60.9 Å². The van der Waals surface area contributed by atoms with E-state index < -0.39 is 0 Å². The highest BCUT2D eigenvalue weighted by molar-refractivity contribution is 6.01. The van der Waals surface area contributed by atoms with Crippen molar-refractivity contribution >= 4 is 16.9 Å². The summed E-state index contributed by atoms with van der Waals surface area (Å²) >= 11 is 0. The highest BCUT2D eigenvalue weighted by Gasteiger charge is 2.16. The van der Waals surface area contributed by atoms with Gasteiger partial charge in [-0.15, -0.1) is 0 Å². The van der Waals surface area contributed by atoms with Gasteiger partial charge in [-0.1, -0.05) is 12.1 Å². The maximum Gasteiger partial charge on any atom is 0.150 e. The van der Waals surface area contributed by atoms with Crippen molar-refractivity contribution in [3.8, 4) is 22.4 Å². The number of nitrogens with one attached hydrogen (secondary N) is 2. The summed E-state index contributed by atoms with van der Waals surface area (Å²) < 4.78 is 13.4. The van der Waals surface area contributed by atoms with Crippen LogP contribution in [-0.2, 0) is 4.84 Å². The van der Waals surface area contributed by atoms with Gasteiger partial charge in [0.1, 0.15) is 11.6 Å². The molecule has 3 aromatic heterocycles. The van der Waals surface area contributed by atoms with Crippen LogP contribution < -0.4 is 5.48 Å². The second-order valence-electron chi connectivity index (χ2n) is 5.75. The Morgan fingerprint density at radius 2 is 1.88 bits per heavy atom. The molecule has 4 aromatic rings. The molecule has 0 aliphatic carbocycles. The molecule has 3 heterocycles. The number of anilines is 1. The van der Waals surface area contributed by atoms with Gasteiger partial charge in [0.05, 0.1) is 23.3 Å². The van der Waals surface area contributed by atoms with Gasteiger partial charge >= 0.3 is 0 Å². The van der Waals surface area contributed by atoms with E-state index in [1.807, 2.05) is 31.2 Å². The molecule has 0 unspecified atom stereocenters. The maximum atomic E-state index is 13.4. The molecule has 0 aliphatic rings. The van der Waals surface area contributed by atoms with Crippen molar-refractivity contribution < 1.29 is 9.23 Å². The summed E-state index contributed by atoms with van der Waals surface area (Å²) in [6.45, 7) is 2.43. The Hall–Kier alpha value is -3.25. The number of halogens is 1. The molecule has 1 aromatic carbocycles. The Morgan fingerprint density at radius 3 is 2.69 bits per heavy atom. The molecule has 0 saturated heterocycles. The number of H-pyrrole nitrogens is 1. The third-order valence-electron chi connectivity index (χ3n) is 4.06. The Morgan fingerprint density at radius 1 is 1.04 bits per heavy atom. The minimum absolute atomic E-state index is 0.268. The monoisotopic (exact) mass is 348 g/mol. The summed E-state index contributed by atoms with van der Waals surface area (Å²) in [6, 6.07) is 14.1. The van der Waals surface area contributed by atoms with Crippen molar-refractivity contribution in [2.75, 3.05) is 12.1 Å². The van der Waals surface area contributed by atoms with Gasteiger partial charge in [-0.2, -0.15) is 0 Å². The van der Waals surface area contributed by atoms with Crippen LogP contribution in [-0.4, -0.2) is 21.6 Å². The van der Waals surface area contributed by atoms with E-state index in [1.165, 1.54) is 12.1 Å². The standard InChI is InChI=1S/C20H17FN4O/c1-2-26-25-17-12-14(9-11-22-17)19-18(13-5-7-15(21)8-6-13)20-16(24-19)4-3-10-23-20/h3-12,24H,2H2,1H3,(H,22,25). The maximum absolute atomic E-state index is 13.4. The van der Waals surface area contributed by atoms with Gasteiger partial charge in [0.15, 0.2) is 0 Å². The first-order chi connectivity index (χ1) is 12.8. The van der Waals surface area contributed by atoms with E-state index >= 15 is 0 Å². The normalized spacial score (nSPS) is 11.0.